The Labute approximate surface area is 91.8 Å². The number of carbonyl (C=O) groups excluding carboxylic acids is 1. The van der Waals surface area contributed by atoms with Crippen LogP contribution in [0.15, 0.2) is 18.2 Å². The van der Waals surface area contributed by atoms with Crippen LogP contribution in [0.5, 0.6) is 0 Å². The highest BCUT2D eigenvalue weighted by atomic mass is 32.1. The van der Waals surface area contributed by atoms with Crippen LogP contribution in [0.2, 0.25) is 0 Å². The second kappa shape index (κ2) is 3.44. The summed E-state index contributed by atoms with van der Waals surface area (Å²) in [6.45, 7) is 0. The predicted octanol–water partition coefficient (Wildman–Crippen LogP) is 2.41. The van der Waals surface area contributed by atoms with Crippen molar-refractivity contribution in [3.63, 3.8) is 0 Å². The van der Waals surface area contributed by atoms with Crippen LogP contribution in [0.25, 0.3) is 10.1 Å². The molecule has 1 aromatic carbocycles. The number of alkyl halides is 3. The molecule has 3 nitrogen and oxygen atoms in total. The molecule has 7 heteroatoms. The Morgan fingerprint density at radius 3 is 2.62 bits per heavy atom. The fraction of sp³-hybridized carbons (Fsp3) is 0.111. The summed E-state index contributed by atoms with van der Waals surface area (Å²) in [4.78, 5) is 10.9. The van der Waals surface area contributed by atoms with Gasteiger partial charge in [-0.3, -0.25) is 4.79 Å². The van der Waals surface area contributed by atoms with E-state index in [1.165, 1.54) is 6.07 Å². The van der Waals surface area contributed by atoms with Crippen LogP contribution < -0.4 is 5.73 Å². The van der Waals surface area contributed by atoms with Gasteiger partial charge in [0, 0.05) is 5.39 Å². The number of halogens is 3. The van der Waals surface area contributed by atoms with Crippen molar-refractivity contribution in [2.45, 2.75) is 6.18 Å². The van der Waals surface area contributed by atoms with E-state index in [1.807, 2.05) is 0 Å². The predicted molar refractivity (Wildman–Crippen MR) is 53.1 cm³/mol. The average Bonchev–Trinajstić information content (AvgIpc) is 2.58. The van der Waals surface area contributed by atoms with Gasteiger partial charge in [0.15, 0.2) is 0 Å². The Morgan fingerprint density at radius 2 is 2.06 bits per heavy atom. The summed E-state index contributed by atoms with van der Waals surface area (Å²) in [5.41, 5.74) is 4.28. The summed E-state index contributed by atoms with van der Waals surface area (Å²) in [5, 5.41) is 0.352. The van der Waals surface area contributed by atoms with Gasteiger partial charge >= 0.3 is 6.18 Å². The summed E-state index contributed by atoms with van der Waals surface area (Å²) in [6, 6.07) is 3.07. The highest BCUT2D eigenvalue weighted by molar-refractivity contribution is 7.13. The molecule has 0 aliphatic carbocycles. The zero-order valence-electron chi connectivity index (χ0n) is 7.71. The van der Waals surface area contributed by atoms with Gasteiger partial charge in [0.1, 0.15) is 5.69 Å². The second-order valence-corrected chi connectivity index (χ2v) is 3.91. The first kappa shape index (κ1) is 10.9. The van der Waals surface area contributed by atoms with Crippen LogP contribution in [0.3, 0.4) is 0 Å². The molecular weight excluding hydrogens is 241 g/mol. The number of carbonyl (C=O) groups is 1. The van der Waals surface area contributed by atoms with Gasteiger partial charge in [-0.25, -0.2) is 0 Å². The van der Waals surface area contributed by atoms with E-state index < -0.39 is 17.6 Å². The Hall–Kier alpha value is -1.63. The van der Waals surface area contributed by atoms with E-state index in [4.69, 9.17) is 5.73 Å². The largest absolute Gasteiger partial charge is 0.416 e. The number of amides is 1. The summed E-state index contributed by atoms with van der Waals surface area (Å²) in [7, 11) is 0. The van der Waals surface area contributed by atoms with E-state index in [-0.39, 0.29) is 5.69 Å². The molecule has 0 bridgehead atoms. The highest BCUT2D eigenvalue weighted by Gasteiger charge is 2.31. The topological polar surface area (TPSA) is 56.0 Å². The van der Waals surface area contributed by atoms with Crippen LogP contribution in [0, 0.1) is 0 Å². The van der Waals surface area contributed by atoms with E-state index in [9.17, 15) is 18.0 Å². The third-order valence-electron chi connectivity index (χ3n) is 2.03. The molecule has 0 atom stereocenters. The highest BCUT2D eigenvalue weighted by Crippen LogP contribution is 2.33. The molecular formula is C9H5F3N2OS. The first-order valence-corrected chi connectivity index (χ1v) is 4.93. The molecule has 1 aromatic heterocycles. The Bertz CT molecular complexity index is 561. The molecule has 2 rings (SSSR count). The molecule has 1 heterocycles. The molecule has 0 aliphatic rings. The first-order valence-electron chi connectivity index (χ1n) is 4.16. The maximum atomic E-state index is 12.4. The number of benzene rings is 1. The Balaban J connectivity index is 2.62. The zero-order chi connectivity index (χ0) is 11.9. The molecule has 84 valence electrons. The summed E-state index contributed by atoms with van der Waals surface area (Å²) < 4.78 is 41.1. The maximum absolute atomic E-state index is 12.4. The summed E-state index contributed by atoms with van der Waals surface area (Å²) in [6.07, 6.45) is -4.40. The lowest BCUT2D eigenvalue weighted by Gasteiger charge is -2.05. The molecule has 2 N–H and O–H groups in total. The number of fused-ring (bicyclic) bond motifs is 1. The monoisotopic (exact) mass is 246 g/mol. The molecule has 0 spiro atoms. The minimum atomic E-state index is -4.40. The molecule has 0 radical (unpaired) electrons. The van der Waals surface area contributed by atoms with Crippen LogP contribution >= 0.6 is 11.5 Å². The van der Waals surface area contributed by atoms with Crippen LogP contribution in [-0.4, -0.2) is 10.3 Å². The van der Waals surface area contributed by atoms with Crippen molar-refractivity contribution >= 4 is 27.5 Å². The van der Waals surface area contributed by atoms with Gasteiger partial charge in [-0.1, -0.05) is 6.07 Å². The number of primary amides is 1. The lowest BCUT2D eigenvalue weighted by molar-refractivity contribution is -0.137. The van der Waals surface area contributed by atoms with Gasteiger partial charge in [-0.2, -0.15) is 17.5 Å². The van der Waals surface area contributed by atoms with Gasteiger partial charge in [-0.05, 0) is 23.7 Å². The first-order chi connectivity index (χ1) is 7.39. The fourth-order valence-corrected chi connectivity index (χ4v) is 2.11. The normalized spacial score (nSPS) is 11.9. The van der Waals surface area contributed by atoms with Gasteiger partial charge in [0.05, 0.1) is 10.3 Å². The van der Waals surface area contributed by atoms with Crippen molar-refractivity contribution in [3.05, 3.63) is 29.5 Å². The quantitative estimate of drug-likeness (QED) is 0.840. The lowest BCUT2D eigenvalue weighted by Crippen LogP contribution is -2.11. The molecule has 0 aliphatic heterocycles. The number of aromatic nitrogens is 1. The van der Waals surface area contributed by atoms with Crippen molar-refractivity contribution in [2.75, 3.05) is 0 Å². The molecule has 0 saturated heterocycles. The molecule has 2 aromatic rings. The zero-order valence-corrected chi connectivity index (χ0v) is 8.52. The van der Waals surface area contributed by atoms with Crippen molar-refractivity contribution < 1.29 is 18.0 Å². The molecule has 0 unspecified atom stereocenters. The van der Waals surface area contributed by atoms with Gasteiger partial charge < -0.3 is 5.73 Å². The third-order valence-corrected chi connectivity index (χ3v) is 2.84. The van der Waals surface area contributed by atoms with Gasteiger partial charge in [0.2, 0.25) is 0 Å². The van der Waals surface area contributed by atoms with Crippen LogP contribution in [0.1, 0.15) is 16.1 Å². The third kappa shape index (κ3) is 1.73. The van der Waals surface area contributed by atoms with Crippen LogP contribution in [0.4, 0.5) is 13.2 Å². The number of rotatable bonds is 1. The molecule has 16 heavy (non-hydrogen) atoms. The average molecular weight is 246 g/mol. The number of hydrogen-bond donors (Lipinski definition) is 1. The minimum Gasteiger partial charge on any atom is -0.364 e. The number of nitrogens with two attached hydrogens (primary N) is 1. The maximum Gasteiger partial charge on any atom is 0.416 e. The molecule has 0 saturated carbocycles. The van der Waals surface area contributed by atoms with Crippen molar-refractivity contribution in [3.8, 4) is 0 Å². The van der Waals surface area contributed by atoms with Crippen molar-refractivity contribution in [1.29, 1.82) is 0 Å². The number of hydrogen-bond acceptors (Lipinski definition) is 3. The fourth-order valence-electron chi connectivity index (χ4n) is 1.29. The Morgan fingerprint density at radius 1 is 1.38 bits per heavy atom. The second-order valence-electron chi connectivity index (χ2n) is 3.10. The van der Waals surface area contributed by atoms with Crippen molar-refractivity contribution in [2.24, 2.45) is 5.73 Å². The van der Waals surface area contributed by atoms with E-state index >= 15 is 0 Å². The van der Waals surface area contributed by atoms with Gasteiger partial charge in [0.25, 0.3) is 5.91 Å². The molecule has 1 amide bonds. The standard InChI is InChI=1S/C9H5F3N2OS/c10-9(11,12)4-1-2-5-6(3-4)16-14-7(5)8(13)15/h1-3H,(H2,13,15). The molecule has 0 fully saturated rings. The minimum absolute atomic E-state index is 0.00808. The lowest BCUT2D eigenvalue weighted by atomic mass is 10.1. The van der Waals surface area contributed by atoms with E-state index in [1.54, 1.807) is 0 Å². The van der Waals surface area contributed by atoms with E-state index in [0.717, 1.165) is 23.7 Å². The smallest absolute Gasteiger partial charge is 0.364 e. The van der Waals surface area contributed by atoms with Gasteiger partial charge in [-0.15, -0.1) is 0 Å². The SMILES string of the molecule is NC(=O)c1nsc2cc(C(F)(F)F)ccc12. The van der Waals surface area contributed by atoms with Crippen LogP contribution in [-0.2, 0) is 6.18 Å². The summed E-state index contributed by atoms with van der Waals surface area (Å²) >= 11 is 0.822. The Kier molecular flexibility index (Phi) is 2.34. The summed E-state index contributed by atoms with van der Waals surface area (Å²) in [5.74, 6) is -0.744. The van der Waals surface area contributed by atoms with E-state index in [0.29, 0.717) is 10.1 Å². The van der Waals surface area contributed by atoms with E-state index in [2.05, 4.69) is 4.37 Å². The number of nitrogens with zero attached hydrogens (tertiary/aromatic N) is 1. The van der Waals surface area contributed by atoms with Crippen molar-refractivity contribution in [1.82, 2.24) is 4.37 Å².